The van der Waals surface area contributed by atoms with Crippen molar-refractivity contribution in [3.05, 3.63) is 73.3 Å². The zero-order valence-corrected chi connectivity index (χ0v) is 22.0. The topological polar surface area (TPSA) is 157 Å². The number of aromatic nitrogens is 2. The number of nitrogens with two attached hydrogens (primary N) is 1. The third kappa shape index (κ3) is 11.1. The number of anilines is 2. The average molecular weight is 540 g/mol. The Morgan fingerprint density at radius 3 is 2.05 bits per heavy atom. The van der Waals surface area contributed by atoms with Gasteiger partial charge in [-0.2, -0.15) is 0 Å². The van der Waals surface area contributed by atoms with Crippen LogP contribution in [0.25, 0.3) is 21.5 Å². The summed E-state index contributed by atoms with van der Waals surface area (Å²) in [5.41, 5.74) is 6.55. The number of rotatable bonds is 4. The number of nitrogens with zero attached hydrogens (tertiary/aromatic N) is 2. The number of aliphatic carboxylic acids is 1. The maximum atomic E-state index is 11.1. The molecule has 0 aliphatic carbocycles. The van der Waals surface area contributed by atoms with Crippen LogP contribution in [-0.4, -0.2) is 51.1 Å². The lowest BCUT2D eigenvalue weighted by molar-refractivity contribution is -0.136. The summed E-state index contributed by atoms with van der Waals surface area (Å²) in [6.07, 6.45) is 6.37. The van der Waals surface area contributed by atoms with Gasteiger partial charge in [-0.15, -0.1) is 11.6 Å². The van der Waals surface area contributed by atoms with Gasteiger partial charge in [0.05, 0.1) is 0 Å². The van der Waals surface area contributed by atoms with Crippen molar-refractivity contribution in [2.24, 2.45) is 0 Å². The number of nitrogen functional groups attached to an aromatic ring is 1. The minimum absolute atomic E-state index is 0.0334. The predicted molar refractivity (Wildman–Crippen MR) is 149 cm³/mol. The van der Waals surface area contributed by atoms with Gasteiger partial charge < -0.3 is 26.2 Å². The van der Waals surface area contributed by atoms with E-state index in [1.165, 1.54) is 0 Å². The van der Waals surface area contributed by atoms with Crippen molar-refractivity contribution in [3.8, 4) is 0 Å². The van der Waals surface area contributed by atoms with E-state index in [-0.39, 0.29) is 11.8 Å². The number of carbonyl (C=O) groups is 3. The SMILES string of the molecule is CC(C)(C)OC(=O)NCC(=O)O.Nc1ccc2cnccc2c1.O=C(CCl)Nc1ccc2cnccc2c1. The first-order valence-electron chi connectivity index (χ1n) is 11.4. The lowest BCUT2D eigenvalue weighted by Gasteiger charge is -2.19. The van der Waals surface area contributed by atoms with Crippen LogP contribution in [0.3, 0.4) is 0 Å². The zero-order valence-electron chi connectivity index (χ0n) is 21.3. The van der Waals surface area contributed by atoms with Crippen molar-refractivity contribution in [1.29, 1.82) is 0 Å². The Bertz CT molecular complexity index is 1390. The smallest absolute Gasteiger partial charge is 0.408 e. The van der Waals surface area contributed by atoms with Crippen molar-refractivity contribution in [2.45, 2.75) is 26.4 Å². The highest BCUT2D eigenvalue weighted by Crippen LogP contribution is 2.18. The fourth-order valence-electron chi connectivity index (χ4n) is 2.92. The van der Waals surface area contributed by atoms with Crippen LogP contribution in [0, 0.1) is 0 Å². The molecule has 4 aromatic rings. The summed E-state index contributed by atoms with van der Waals surface area (Å²) in [5, 5.41) is 17.3. The van der Waals surface area contributed by atoms with Gasteiger partial charge in [0.15, 0.2) is 0 Å². The Morgan fingerprint density at radius 2 is 1.50 bits per heavy atom. The summed E-state index contributed by atoms with van der Waals surface area (Å²) >= 11 is 5.40. The molecular formula is C27H30ClN5O5. The highest BCUT2D eigenvalue weighted by atomic mass is 35.5. The maximum absolute atomic E-state index is 11.1. The molecule has 200 valence electrons. The molecule has 0 aliphatic rings. The zero-order chi connectivity index (χ0) is 28.1. The van der Waals surface area contributed by atoms with Gasteiger partial charge in [0.25, 0.3) is 0 Å². The van der Waals surface area contributed by atoms with Crippen molar-refractivity contribution in [3.63, 3.8) is 0 Å². The van der Waals surface area contributed by atoms with Gasteiger partial charge >= 0.3 is 12.1 Å². The molecule has 2 aromatic heterocycles. The molecule has 0 fully saturated rings. The van der Waals surface area contributed by atoms with Gasteiger partial charge in [-0.05, 0) is 67.9 Å². The second-order valence-corrected chi connectivity index (χ2v) is 9.12. The Hall–Kier alpha value is -4.44. The minimum Gasteiger partial charge on any atom is -0.480 e. The van der Waals surface area contributed by atoms with E-state index < -0.39 is 24.2 Å². The molecule has 10 nitrogen and oxygen atoms in total. The van der Waals surface area contributed by atoms with Crippen LogP contribution < -0.4 is 16.4 Å². The molecule has 2 heterocycles. The van der Waals surface area contributed by atoms with E-state index in [1.54, 1.807) is 39.4 Å². The van der Waals surface area contributed by atoms with Crippen molar-refractivity contribution >= 4 is 62.5 Å². The molecule has 0 saturated carbocycles. The molecule has 4 rings (SSSR count). The minimum atomic E-state index is -1.10. The summed E-state index contributed by atoms with van der Waals surface area (Å²) in [4.78, 5) is 39.8. The monoisotopic (exact) mass is 539 g/mol. The number of ether oxygens (including phenoxy) is 1. The van der Waals surface area contributed by atoms with E-state index in [0.717, 1.165) is 32.9 Å². The number of nitrogens with one attached hydrogen (secondary N) is 2. The number of carboxylic acid groups (broad SMARTS) is 1. The fourth-order valence-corrected chi connectivity index (χ4v) is 2.99. The lowest BCUT2D eigenvalue weighted by Crippen LogP contribution is -2.35. The number of pyridine rings is 2. The Kier molecular flexibility index (Phi) is 11.2. The molecule has 0 bridgehead atoms. The molecule has 0 aliphatic heterocycles. The van der Waals surface area contributed by atoms with Gasteiger partial charge in [-0.1, -0.05) is 12.1 Å². The number of carboxylic acids is 1. The van der Waals surface area contributed by atoms with E-state index in [9.17, 15) is 14.4 Å². The van der Waals surface area contributed by atoms with Gasteiger partial charge in [-0.3, -0.25) is 19.6 Å². The number of alkyl halides is 1. The summed E-state index contributed by atoms with van der Waals surface area (Å²) in [5.74, 6) is -1.33. The molecular weight excluding hydrogens is 510 g/mol. The Morgan fingerprint density at radius 1 is 0.921 bits per heavy atom. The number of halogens is 1. The van der Waals surface area contributed by atoms with E-state index in [1.807, 2.05) is 54.7 Å². The van der Waals surface area contributed by atoms with Crippen LogP contribution >= 0.6 is 11.6 Å². The van der Waals surface area contributed by atoms with Crippen LogP contribution in [-0.2, 0) is 14.3 Å². The number of alkyl carbamates (subject to hydrolysis) is 1. The van der Waals surface area contributed by atoms with Crippen LogP contribution in [0.15, 0.2) is 73.3 Å². The highest BCUT2D eigenvalue weighted by molar-refractivity contribution is 6.29. The van der Waals surface area contributed by atoms with E-state index in [0.29, 0.717) is 0 Å². The van der Waals surface area contributed by atoms with Crippen molar-refractivity contribution in [1.82, 2.24) is 15.3 Å². The van der Waals surface area contributed by atoms with Crippen molar-refractivity contribution < 1.29 is 24.2 Å². The van der Waals surface area contributed by atoms with Crippen LogP contribution in [0.2, 0.25) is 0 Å². The number of benzene rings is 2. The third-order valence-corrected chi connectivity index (χ3v) is 4.74. The normalized spacial score (nSPS) is 10.3. The van der Waals surface area contributed by atoms with Gasteiger partial charge in [-0.25, -0.2) is 4.79 Å². The summed E-state index contributed by atoms with van der Waals surface area (Å²) in [6, 6.07) is 15.3. The van der Waals surface area contributed by atoms with Crippen molar-refractivity contribution in [2.75, 3.05) is 23.5 Å². The van der Waals surface area contributed by atoms with E-state index in [2.05, 4.69) is 20.6 Å². The fraction of sp³-hybridized carbons (Fsp3) is 0.222. The molecule has 11 heteroatoms. The largest absolute Gasteiger partial charge is 0.480 e. The Balaban J connectivity index is 0.000000203. The summed E-state index contributed by atoms with van der Waals surface area (Å²) in [6.45, 7) is 4.68. The summed E-state index contributed by atoms with van der Waals surface area (Å²) in [7, 11) is 0. The van der Waals surface area contributed by atoms with Crippen LogP contribution in [0.1, 0.15) is 20.8 Å². The maximum Gasteiger partial charge on any atom is 0.408 e. The first kappa shape index (κ1) is 29.8. The number of amides is 2. The molecule has 38 heavy (non-hydrogen) atoms. The highest BCUT2D eigenvalue weighted by Gasteiger charge is 2.16. The first-order chi connectivity index (χ1) is 18.0. The third-order valence-electron chi connectivity index (χ3n) is 4.49. The molecule has 0 saturated heterocycles. The molecule has 0 unspecified atom stereocenters. The predicted octanol–water partition coefficient (Wildman–Crippen LogP) is 4.82. The number of fused-ring (bicyclic) bond motifs is 2. The molecule has 2 aromatic carbocycles. The standard InChI is InChI=1S/C11H9ClN2O.C9H8N2.C7H13NO4/c12-6-11(15)14-10-2-1-9-7-13-4-3-8(9)5-10;10-9-2-1-8-6-11-4-3-7(8)5-9;1-7(2,3)12-6(11)8-4-5(9)10/h1-5,7H,6H2,(H,14,15);1-6H,10H2;4H2,1-3H3,(H,8,11)(H,9,10). The van der Waals surface area contributed by atoms with E-state index in [4.69, 9.17) is 27.2 Å². The number of hydrogen-bond acceptors (Lipinski definition) is 7. The quantitative estimate of drug-likeness (QED) is 0.212. The lowest BCUT2D eigenvalue weighted by atomic mass is 10.1. The molecule has 2 amide bonds. The first-order valence-corrected chi connectivity index (χ1v) is 12.0. The summed E-state index contributed by atoms with van der Waals surface area (Å²) < 4.78 is 4.77. The molecule has 0 atom stereocenters. The molecule has 5 N–H and O–H groups in total. The number of carbonyl (C=O) groups excluding carboxylic acids is 2. The van der Waals surface area contributed by atoms with Gasteiger partial charge in [0.2, 0.25) is 5.91 Å². The second kappa shape index (κ2) is 14.3. The van der Waals surface area contributed by atoms with Gasteiger partial charge in [0.1, 0.15) is 18.0 Å². The van der Waals surface area contributed by atoms with Crippen LogP contribution in [0.5, 0.6) is 0 Å². The molecule has 0 radical (unpaired) electrons. The number of hydrogen-bond donors (Lipinski definition) is 4. The van der Waals surface area contributed by atoms with Gasteiger partial charge in [0, 0.05) is 46.9 Å². The Labute approximate surface area is 225 Å². The second-order valence-electron chi connectivity index (χ2n) is 8.85. The van der Waals surface area contributed by atoms with E-state index >= 15 is 0 Å². The van der Waals surface area contributed by atoms with Crippen LogP contribution in [0.4, 0.5) is 16.2 Å². The average Bonchev–Trinajstić information content (AvgIpc) is 2.87. The molecule has 0 spiro atoms.